The van der Waals surface area contributed by atoms with E-state index in [9.17, 15) is 0 Å². The van der Waals surface area contributed by atoms with Crippen LogP contribution in [-0.2, 0) is 0 Å². The molecule has 1 aliphatic carbocycles. The second-order valence-corrected chi connectivity index (χ2v) is 5.31. The highest BCUT2D eigenvalue weighted by Crippen LogP contribution is 2.31. The minimum absolute atomic E-state index is 0.144. The molecule has 1 heterocycles. The van der Waals surface area contributed by atoms with Gasteiger partial charge in [-0.05, 0) is 25.0 Å². The number of nitrogens with two attached hydrogens (primary N) is 1. The van der Waals surface area contributed by atoms with Gasteiger partial charge in [-0.15, -0.1) is 0 Å². The molecule has 0 radical (unpaired) electrons. The Morgan fingerprint density at radius 2 is 2.33 bits per heavy atom. The number of hydrogen-bond acceptors (Lipinski definition) is 4. The lowest BCUT2D eigenvalue weighted by Gasteiger charge is -2.15. The lowest BCUT2D eigenvalue weighted by Crippen LogP contribution is -2.29. The number of hydrogen-bond donors (Lipinski definition) is 2. The molecule has 0 bridgehead atoms. The van der Waals surface area contributed by atoms with Gasteiger partial charge in [-0.25, -0.2) is 5.43 Å². The van der Waals surface area contributed by atoms with Gasteiger partial charge in [0, 0.05) is 11.0 Å². The van der Waals surface area contributed by atoms with Crippen LogP contribution in [0.5, 0.6) is 0 Å². The molecule has 3 nitrogen and oxygen atoms in total. The summed E-state index contributed by atoms with van der Waals surface area (Å²) < 4.78 is 5.35. The monoisotopic (exact) mass is 226 g/mol. The summed E-state index contributed by atoms with van der Waals surface area (Å²) in [5.74, 6) is 7.45. The van der Waals surface area contributed by atoms with E-state index in [4.69, 9.17) is 10.3 Å². The third kappa shape index (κ3) is 3.00. The maximum atomic E-state index is 5.53. The molecule has 3 N–H and O–H groups in total. The second kappa shape index (κ2) is 5.58. The van der Waals surface area contributed by atoms with Gasteiger partial charge in [0.25, 0.3) is 0 Å². The molecule has 1 atom stereocenters. The molecule has 4 heteroatoms. The van der Waals surface area contributed by atoms with E-state index in [0.29, 0.717) is 0 Å². The second-order valence-electron chi connectivity index (χ2n) is 3.97. The first-order valence-corrected chi connectivity index (χ1v) is 6.56. The molecule has 0 aliphatic heterocycles. The normalized spacial score (nSPS) is 19.5. The summed E-state index contributed by atoms with van der Waals surface area (Å²) in [7, 11) is 0. The number of hydrazine groups is 1. The fraction of sp³-hybridized carbons (Fsp3) is 0.636. The fourth-order valence-corrected chi connectivity index (χ4v) is 3.38. The Morgan fingerprint density at radius 3 is 2.93 bits per heavy atom. The third-order valence-corrected chi connectivity index (χ3v) is 4.36. The molecule has 2 rings (SSSR count). The van der Waals surface area contributed by atoms with Gasteiger partial charge < -0.3 is 4.42 Å². The van der Waals surface area contributed by atoms with Crippen molar-refractivity contribution >= 4 is 11.8 Å². The Hall–Kier alpha value is -0.450. The molecule has 0 spiro atoms. The average molecular weight is 226 g/mol. The van der Waals surface area contributed by atoms with E-state index in [1.807, 2.05) is 23.9 Å². The maximum Gasteiger partial charge on any atom is 0.122 e. The van der Waals surface area contributed by atoms with Crippen molar-refractivity contribution in [1.82, 2.24) is 5.43 Å². The summed E-state index contributed by atoms with van der Waals surface area (Å²) in [5, 5.41) is 0.829. The summed E-state index contributed by atoms with van der Waals surface area (Å²) in [4.78, 5) is 0. The number of rotatable bonds is 5. The van der Waals surface area contributed by atoms with Crippen molar-refractivity contribution in [2.45, 2.75) is 37.0 Å². The van der Waals surface area contributed by atoms with Crippen LogP contribution in [0.4, 0.5) is 0 Å². The Balaban J connectivity index is 1.80. The third-order valence-electron chi connectivity index (χ3n) is 2.89. The van der Waals surface area contributed by atoms with Gasteiger partial charge in [0.15, 0.2) is 0 Å². The van der Waals surface area contributed by atoms with Crippen LogP contribution in [0.15, 0.2) is 22.8 Å². The predicted octanol–water partition coefficient (Wildman–Crippen LogP) is 2.46. The van der Waals surface area contributed by atoms with E-state index in [0.717, 1.165) is 16.8 Å². The molecule has 0 saturated heterocycles. The van der Waals surface area contributed by atoms with Gasteiger partial charge in [0.05, 0.1) is 12.3 Å². The molecule has 1 aromatic rings. The zero-order chi connectivity index (χ0) is 10.5. The number of furan rings is 1. The van der Waals surface area contributed by atoms with Crippen LogP contribution in [0.2, 0.25) is 0 Å². The van der Waals surface area contributed by atoms with E-state index in [1.54, 1.807) is 6.26 Å². The highest BCUT2D eigenvalue weighted by atomic mass is 32.2. The van der Waals surface area contributed by atoms with Crippen molar-refractivity contribution in [3.05, 3.63) is 24.2 Å². The van der Waals surface area contributed by atoms with Gasteiger partial charge in [-0.3, -0.25) is 5.84 Å². The number of thioether (sulfide) groups is 1. The standard InChI is InChI=1S/C11H18N2OS/c12-13-10(11-6-3-7-14-11)8-15-9-4-1-2-5-9/h3,6-7,9-10,13H,1-2,4-5,8,12H2. The summed E-state index contributed by atoms with van der Waals surface area (Å²) >= 11 is 2.01. The Labute approximate surface area is 94.8 Å². The summed E-state index contributed by atoms with van der Waals surface area (Å²) in [6.45, 7) is 0. The molecule has 84 valence electrons. The first-order valence-electron chi connectivity index (χ1n) is 5.51. The largest absolute Gasteiger partial charge is 0.468 e. The molecule has 1 aromatic heterocycles. The topological polar surface area (TPSA) is 51.2 Å². The molecule has 0 aromatic carbocycles. The van der Waals surface area contributed by atoms with E-state index in [1.165, 1.54) is 25.7 Å². The lowest BCUT2D eigenvalue weighted by molar-refractivity contribution is 0.440. The summed E-state index contributed by atoms with van der Waals surface area (Å²) in [6.07, 6.45) is 7.19. The molecular weight excluding hydrogens is 208 g/mol. The molecule has 15 heavy (non-hydrogen) atoms. The Kier molecular flexibility index (Phi) is 4.11. The zero-order valence-corrected chi connectivity index (χ0v) is 9.63. The van der Waals surface area contributed by atoms with Crippen molar-refractivity contribution in [3.8, 4) is 0 Å². The fourth-order valence-electron chi connectivity index (χ4n) is 1.99. The molecule has 1 unspecified atom stereocenters. The van der Waals surface area contributed by atoms with Crippen LogP contribution < -0.4 is 11.3 Å². The average Bonchev–Trinajstić information content (AvgIpc) is 2.90. The van der Waals surface area contributed by atoms with Crippen LogP contribution in [-0.4, -0.2) is 11.0 Å². The quantitative estimate of drug-likeness (QED) is 0.598. The van der Waals surface area contributed by atoms with Crippen LogP contribution in [0.25, 0.3) is 0 Å². The van der Waals surface area contributed by atoms with E-state index < -0.39 is 0 Å². The van der Waals surface area contributed by atoms with Crippen LogP contribution in [0.3, 0.4) is 0 Å². The van der Waals surface area contributed by atoms with Crippen molar-refractivity contribution < 1.29 is 4.42 Å². The van der Waals surface area contributed by atoms with Crippen LogP contribution in [0, 0.1) is 0 Å². The Morgan fingerprint density at radius 1 is 1.53 bits per heavy atom. The van der Waals surface area contributed by atoms with E-state index >= 15 is 0 Å². The van der Waals surface area contributed by atoms with Crippen molar-refractivity contribution in [2.75, 3.05) is 5.75 Å². The maximum absolute atomic E-state index is 5.53. The zero-order valence-electron chi connectivity index (χ0n) is 8.82. The van der Waals surface area contributed by atoms with Gasteiger partial charge >= 0.3 is 0 Å². The number of nitrogens with one attached hydrogen (secondary N) is 1. The minimum Gasteiger partial charge on any atom is -0.468 e. The summed E-state index contributed by atoms with van der Waals surface area (Å²) in [6, 6.07) is 4.02. The minimum atomic E-state index is 0.144. The van der Waals surface area contributed by atoms with Gasteiger partial charge in [-0.2, -0.15) is 11.8 Å². The van der Waals surface area contributed by atoms with E-state index in [2.05, 4.69) is 5.43 Å². The van der Waals surface area contributed by atoms with Crippen molar-refractivity contribution in [3.63, 3.8) is 0 Å². The van der Waals surface area contributed by atoms with Crippen LogP contribution in [0.1, 0.15) is 37.5 Å². The highest BCUT2D eigenvalue weighted by Gasteiger charge is 2.19. The van der Waals surface area contributed by atoms with E-state index in [-0.39, 0.29) is 6.04 Å². The van der Waals surface area contributed by atoms with Gasteiger partial charge in [-0.1, -0.05) is 12.8 Å². The molecule has 1 fully saturated rings. The van der Waals surface area contributed by atoms with Crippen molar-refractivity contribution in [2.24, 2.45) is 5.84 Å². The van der Waals surface area contributed by atoms with Gasteiger partial charge in [0.2, 0.25) is 0 Å². The van der Waals surface area contributed by atoms with Crippen molar-refractivity contribution in [1.29, 1.82) is 0 Å². The molecule has 1 aliphatic rings. The Bertz CT molecular complexity index is 270. The summed E-state index contributed by atoms with van der Waals surface area (Å²) in [5.41, 5.74) is 2.81. The lowest BCUT2D eigenvalue weighted by atomic mass is 10.3. The molecular formula is C11H18N2OS. The molecule has 0 amide bonds. The molecule has 1 saturated carbocycles. The first kappa shape index (κ1) is 11.0. The van der Waals surface area contributed by atoms with Gasteiger partial charge in [0.1, 0.15) is 5.76 Å². The first-order chi connectivity index (χ1) is 7.40. The highest BCUT2D eigenvalue weighted by molar-refractivity contribution is 7.99. The SMILES string of the molecule is NNC(CSC1CCCC1)c1ccco1. The predicted molar refractivity (Wildman–Crippen MR) is 63.5 cm³/mol. The smallest absolute Gasteiger partial charge is 0.122 e. The van der Waals surface area contributed by atoms with Crippen LogP contribution >= 0.6 is 11.8 Å².